The molecule has 0 aliphatic heterocycles. The highest BCUT2D eigenvalue weighted by atomic mass is 35.5. The fraction of sp³-hybridized carbons (Fsp3) is 0.214. The molecular weight excluding hydrogens is 283 g/mol. The standard InChI is InChI=1S/C14H14Cl2N2O/c1-18(2)14-7-10(13(19-3)8-17-14)9-4-5-11(15)12(16)6-9/h4-8H,1-3H3. The van der Waals surface area contributed by atoms with E-state index in [1.54, 1.807) is 19.4 Å². The summed E-state index contributed by atoms with van der Waals surface area (Å²) in [7, 11) is 5.49. The number of aromatic nitrogens is 1. The second-order valence-electron chi connectivity index (χ2n) is 4.27. The molecule has 1 aromatic heterocycles. The van der Waals surface area contributed by atoms with Gasteiger partial charge in [-0.3, -0.25) is 0 Å². The molecular formula is C14H14Cl2N2O. The van der Waals surface area contributed by atoms with Crippen molar-refractivity contribution in [2.75, 3.05) is 26.1 Å². The first-order valence-electron chi connectivity index (χ1n) is 5.69. The molecule has 1 heterocycles. The molecule has 2 rings (SSSR count). The molecule has 0 radical (unpaired) electrons. The average Bonchev–Trinajstić information content (AvgIpc) is 2.41. The Bertz CT molecular complexity index is 600. The number of benzene rings is 1. The van der Waals surface area contributed by atoms with Crippen molar-refractivity contribution in [3.05, 3.63) is 40.5 Å². The lowest BCUT2D eigenvalue weighted by molar-refractivity contribution is 0.414. The summed E-state index contributed by atoms with van der Waals surface area (Å²) in [6.07, 6.45) is 1.70. The number of halogens is 2. The number of hydrogen-bond donors (Lipinski definition) is 0. The molecule has 2 aromatic rings. The second kappa shape index (κ2) is 5.68. The highest BCUT2D eigenvalue weighted by Gasteiger charge is 2.10. The van der Waals surface area contributed by atoms with E-state index in [1.807, 2.05) is 37.2 Å². The Morgan fingerprint density at radius 3 is 2.42 bits per heavy atom. The third-order valence-electron chi connectivity index (χ3n) is 2.76. The van der Waals surface area contributed by atoms with Crippen LogP contribution in [0.1, 0.15) is 0 Å². The molecule has 100 valence electrons. The van der Waals surface area contributed by atoms with E-state index >= 15 is 0 Å². The van der Waals surface area contributed by atoms with Gasteiger partial charge in [0, 0.05) is 19.7 Å². The van der Waals surface area contributed by atoms with Crippen LogP contribution in [0.15, 0.2) is 30.5 Å². The molecule has 0 aliphatic rings. The monoisotopic (exact) mass is 296 g/mol. The van der Waals surface area contributed by atoms with E-state index < -0.39 is 0 Å². The minimum Gasteiger partial charge on any atom is -0.494 e. The molecule has 1 aromatic carbocycles. The van der Waals surface area contributed by atoms with Crippen molar-refractivity contribution in [1.82, 2.24) is 4.98 Å². The van der Waals surface area contributed by atoms with Crippen LogP contribution in [0.25, 0.3) is 11.1 Å². The summed E-state index contributed by atoms with van der Waals surface area (Å²) in [6.45, 7) is 0. The summed E-state index contributed by atoms with van der Waals surface area (Å²) in [4.78, 5) is 6.25. The molecule has 0 saturated carbocycles. The topological polar surface area (TPSA) is 25.4 Å². The van der Waals surface area contributed by atoms with Gasteiger partial charge >= 0.3 is 0 Å². The summed E-state index contributed by atoms with van der Waals surface area (Å²) in [5.74, 6) is 1.55. The number of pyridine rings is 1. The first kappa shape index (κ1) is 14.0. The van der Waals surface area contributed by atoms with E-state index in [9.17, 15) is 0 Å². The van der Waals surface area contributed by atoms with Gasteiger partial charge in [-0.05, 0) is 23.8 Å². The van der Waals surface area contributed by atoms with Crippen molar-refractivity contribution in [2.45, 2.75) is 0 Å². The van der Waals surface area contributed by atoms with E-state index in [0.717, 1.165) is 16.9 Å². The summed E-state index contributed by atoms with van der Waals surface area (Å²) >= 11 is 12.0. The maximum Gasteiger partial charge on any atom is 0.145 e. The summed E-state index contributed by atoms with van der Waals surface area (Å²) in [6, 6.07) is 7.46. The third-order valence-corrected chi connectivity index (χ3v) is 3.50. The second-order valence-corrected chi connectivity index (χ2v) is 5.08. The molecule has 0 aliphatic carbocycles. The van der Waals surface area contributed by atoms with Crippen molar-refractivity contribution in [2.24, 2.45) is 0 Å². The van der Waals surface area contributed by atoms with Crippen LogP contribution in [0.5, 0.6) is 5.75 Å². The maximum absolute atomic E-state index is 6.06. The van der Waals surface area contributed by atoms with E-state index in [1.165, 1.54) is 0 Å². The van der Waals surface area contributed by atoms with Gasteiger partial charge in [0.05, 0.1) is 23.4 Å². The van der Waals surface area contributed by atoms with Crippen LogP contribution >= 0.6 is 23.2 Å². The molecule has 0 spiro atoms. The number of ether oxygens (including phenoxy) is 1. The van der Waals surface area contributed by atoms with Gasteiger partial charge in [0.15, 0.2) is 0 Å². The van der Waals surface area contributed by atoms with Crippen molar-refractivity contribution >= 4 is 29.0 Å². The van der Waals surface area contributed by atoms with Gasteiger partial charge < -0.3 is 9.64 Å². The van der Waals surface area contributed by atoms with Crippen molar-refractivity contribution in [1.29, 1.82) is 0 Å². The molecule has 0 atom stereocenters. The lowest BCUT2D eigenvalue weighted by atomic mass is 10.1. The number of rotatable bonds is 3. The van der Waals surface area contributed by atoms with Gasteiger partial charge in [-0.2, -0.15) is 0 Å². The summed E-state index contributed by atoms with van der Waals surface area (Å²) in [5.41, 5.74) is 1.87. The number of nitrogens with zero attached hydrogens (tertiary/aromatic N) is 2. The summed E-state index contributed by atoms with van der Waals surface area (Å²) < 4.78 is 5.35. The maximum atomic E-state index is 6.06. The van der Waals surface area contributed by atoms with Crippen LogP contribution in [0, 0.1) is 0 Å². The molecule has 0 N–H and O–H groups in total. The predicted octanol–water partition coefficient (Wildman–Crippen LogP) is 4.13. The highest BCUT2D eigenvalue weighted by molar-refractivity contribution is 6.42. The van der Waals surface area contributed by atoms with E-state index in [4.69, 9.17) is 27.9 Å². The molecule has 0 unspecified atom stereocenters. The van der Waals surface area contributed by atoms with Gasteiger partial charge in [-0.15, -0.1) is 0 Å². The third kappa shape index (κ3) is 2.94. The minimum absolute atomic E-state index is 0.518. The van der Waals surface area contributed by atoms with Crippen molar-refractivity contribution in [3.8, 4) is 16.9 Å². The predicted molar refractivity (Wildman–Crippen MR) is 80.6 cm³/mol. The zero-order valence-corrected chi connectivity index (χ0v) is 12.5. The normalized spacial score (nSPS) is 10.4. The zero-order valence-electron chi connectivity index (χ0n) is 10.9. The first-order valence-corrected chi connectivity index (χ1v) is 6.45. The molecule has 3 nitrogen and oxygen atoms in total. The van der Waals surface area contributed by atoms with Crippen LogP contribution in [-0.4, -0.2) is 26.2 Å². The average molecular weight is 297 g/mol. The Morgan fingerprint density at radius 2 is 1.84 bits per heavy atom. The van der Waals surface area contributed by atoms with Gasteiger partial charge in [0.1, 0.15) is 11.6 Å². The van der Waals surface area contributed by atoms with E-state index in [2.05, 4.69) is 4.98 Å². The molecule has 5 heteroatoms. The highest BCUT2D eigenvalue weighted by Crippen LogP contribution is 2.35. The Labute approximate surface area is 122 Å². The first-order chi connectivity index (χ1) is 9.02. The number of anilines is 1. The molecule has 0 saturated heterocycles. The Balaban J connectivity index is 2.58. The number of hydrogen-bond acceptors (Lipinski definition) is 3. The number of methoxy groups -OCH3 is 1. The fourth-order valence-corrected chi connectivity index (χ4v) is 2.03. The minimum atomic E-state index is 0.518. The molecule has 19 heavy (non-hydrogen) atoms. The van der Waals surface area contributed by atoms with Gasteiger partial charge in [-0.1, -0.05) is 29.3 Å². The van der Waals surface area contributed by atoms with Crippen LogP contribution in [0.2, 0.25) is 10.0 Å². The van der Waals surface area contributed by atoms with Crippen molar-refractivity contribution in [3.63, 3.8) is 0 Å². The van der Waals surface area contributed by atoms with Crippen LogP contribution in [-0.2, 0) is 0 Å². The zero-order chi connectivity index (χ0) is 14.0. The Hall–Kier alpha value is -1.45. The Morgan fingerprint density at radius 1 is 1.11 bits per heavy atom. The molecule has 0 amide bonds. The van der Waals surface area contributed by atoms with E-state index in [-0.39, 0.29) is 0 Å². The lowest BCUT2D eigenvalue weighted by Crippen LogP contribution is -2.10. The van der Waals surface area contributed by atoms with Crippen LogP contribution in [0.3, 0.4) is 0 Å². The largest absolute Gasteiger partial charge is 0.494 e. The van der Waals surface area contributed by atoms with Gasteiger partial charge in [0.25, 0.3) is 0 Å². The lowest BCUT2D eigenvalue weighted by Gasteiger charge is -2.15. The van der Waals surface area contributed by atoms with E-state index in [0.29, 0.717) is 15.8 Å². The van der Waals surface area contributed by atoms with Crippen LogP contribution in [0.4, 0.5) is 5.82 Å². The SMILES string of the molecule is COc1cnc(N(C)C)cc1-c1ccc(Cl)c(Cl)c1. The Kier molecular flexibility index (Phi) is 4.17. The van der Waals surface area contributed by atoms with Gasteiger partial charge in [-0.25, -0.2) is 4.98 Å². The van der Waals surface area contributed by atoms with Gasteiger partial charge in [0.2, 0.25) is 0 Å². The molecule has 0 fully saturated rings. The van der Waals surface area contributed by atoms with Crippen LogP contribution < -0.4 is 9.64 Å². The smallest absolute Gasteiger partial charge is 0.145 e. The summed E-state index contributed by atoms with van der Waals surface area (Å²) in [5, 5.41) is 1.05. The fourth-order valence-electron chi connectivity index (χ4n) is 1.73. The van der Waals surface area contributed by atoms with Crippen molar-refractivity contribution < 1.29 is 4.74 Å². The quantitative estimate of drug-likeness (QED) is 0.851. The molecule has 0 bridgehead atoms.